The van der Waals surface area contributed by atoms with Crippen LogP contribution in [0.25, 0.3) is 0 Å². The van der Waals surface area contributed by atoms with Gasteiger partial charge in [-0.3, -0.25) is 9.80 Å². The smallest absolute Gasteiger partial charge is 0.0222 e. The van der Waals surface area contributed by atoms with E-state index in [0.29, 0.717) is 11.1 Å². The number of fused-ring (bicyclic) bond motifs is 6. The number of nitrogens with zero attached hydrogens (tertiary/aromatic N) is 2. The molecule has 0 aromatic rings. The molecule has 4 fully saturated rings. The summed E-state index contributed by atoms with van der Waals surface area (Å²) in [6.07, 6.45) is 10.2. The Morgan fingerprint density at radius 2 is 1.21 bits per heavy atom. The lowest BCUT2D eigenvalue weighted by Crippen LogP contribution is -2.71. The van der Waals surface area contributed by atoms with Gasteiger partial charge < -0.3 is 0 Å². The Kier molecular flexibility index (Phi) is 2.80. The summed E-state index contributed by atoms with van der Waals surface area (Å²) >= 11 is 0. The Labute approximate surface area is 118 Å². The fourth-order valence-corrected chi connectivity index (χ4v) is 5.85. The molecule has 2 nitrogen and oxygen atoms in total. The maximum absolute atomic E-state index is 2.90. The fourth-order valence-electron chi connectivity index (χ4n) is 5.85. The molecule has 0 aromatic heterocycles. The number of rotatable bonds is 0. The number of hydrogen-bond donors (Lipinski definition) is 0. The zero-order valence-corrected chi connectivity index (χ0v) is 12.8. The maximum atomic E-state index is 2.90. The minimum absolute atomic E-state index is 0.535. The van der Waals surface area contributed by atoms with Crippen molar-refractivity contribution in [3.05, 3.63) is 0 Å². The average molecular weight is 262 g/mol. The Bertz CT molecular complexity index is 334. The van der Waals surface area contributed by atoms with Crippen molar-refractivity contribution in [1.29, 1.82) is 0 Å². The molecule has 108 valence electrons. The molecule has 4 saturated heterocycles. The quantitative estimate of drug-likeness (QED) is 0.662. The zero-order valence-electron chi connectivity index (χ0n) is 12.8. The molecule has 2 heteroatoms. The van der Waals surface area contributed by atoms with E-state index in [1.165, 1.54) is 71.1 Å². The van der Waals surface area contributed by atoms with E-state index in [4.69, 9.17) is 0 Å². The van der Waals surface area contributed by atoms with Gasteiger partial charge in [-0.2, -0.15) is 0 Å². The van der Waals surface area contributed by atoms with Gasteiger partial charge in [-0.05, 0) is 70.9 Å². The first kappa shape index (κ1) is 12.6. The summed E-state index contributed by atoms with van der Waals surface area (Å²) in [7, 11) is 0. The van der Waals surface area contributed by atoms with Crippen LogP contribution in [0.4, 0.5) is 0 Å². The second-order valence-electron chi connectivity index (χ2n) is 8.15. The lowest BCUT2D eigenvalue weighted by molar-refractivity contribution is -0.149. The van der Waals surface area contributed by atoms with Crippen molar-refractivity contribution < 1.29 is 0 Å². The van der Waals surface area contributed by atoms with Gasteiger partial charge in [0.2, 0.25) is 0 Å². The zero-order chi connectivity index (χ0) is 13.1. The summed E-state index contributed by atoms with van der Waals surface area (Å²) in [5.41, 5.74) is 1.07. The van der Waals surface area contributed by atoms with E-state index >= 15 is 0 Å². The normalized spacial score (nSPS) is 51.5. The van der Waals surface area contributed by atoms with Crippen LogP contribution in [0.2, 0.25) is 0 Å². The third kappa shape index (κ3) is 1.68. The molecule has 4 aliphatic rings. The topological polar surface area (TPSA) is 6.48 Å². The van der Waals surface area contributed by atoms with Crippen LogP contribution in [0.3, 0.4) is 0 Å². The Balaban J connectivity index is 1.66. The predicted molar refractivity (Wildman–Crippen MR) is 79.3 cm³/mol. The van der Waals surface area contributed by atoms with Crippen molar-refractivity contribution in [2.24, 2.45) is 11.8 Å². The maximum Gasteiger partial charge on any atom is 0.0222 e. The number of hydrogen-bond acceptors (Lipinski definition) is 2. The van der Waals surface area contributed by atoms with Crippen LogP contribution in [0.15, 0.2) is 0 Å². The van der Waals surface area contributed by atoms with Gasteiger partial charge in [-0.15, -0.1) is 0 Å². The van der Waals surface area contributed by atoms with Crippen LogP contribution in [0, 0.1) is 11.8 Å². The highest BCUT2D eigenvalue weighted by Crippen LogP contribution is 2.52. The molecule has 0 amide bonds. The average Bonchev–Trinajstić information content (AvgIpc) is 2.41. The summed E-state index contributed by atoms with van der Waals surface area (Å²) < 4.78 is 0. The molecule has 4 rings (SSSR count). The van der Waals surface area contributed by atoms with E-state index in [1.54, 1.807) is 0 Å². The second kappa shape index (κ2) is 4.21. The van der Waals surface area contributed by atoms with Crippen molar-refractivity contribution in [2.75, 3.05) is 26.2 Å². The lowest BCUT2D eigenvalue weighted by atomic mass is 9.60. The summed E-state index contributed by atoms with van der Waals surface area (Å²) in [5, 5.41) is 0. The monoisotopic (exact) mass is 262 g/mol. The summed E-state index contributed by atoms with van der Waals surface area (Å²) in [5.74, 6) is 1.88. The minimum Gasteiger partial charge on any atom is -0.297 e. The van der Waals surface area contributed by atoms with Crippen molar-refractivity contribution in [1.82, 2.24) is 9.80 Å². The fraction of sp³-hybridized carbons (Fsp3) is 1.00. The van der Waals surface area contributed by atoms with Crippen molar-refractivity contribution >= 4 is 0 Å². The summed E-state index contributed by atoms with van der Waals surface area (Å²) in [6, 6.07) is 0. The van der Waals surface area contributed by atoms with E-state index < -0.39 is 0 Å². The van der Waals surface area contributed by atoms with Crippen LogP contribution in [0.1, 0.15) is 58.8 Å². The highest BCUT2D eigenvalue weighted by Gasteiger charge is 2.56. The van der Waals surface area contributed by atoms with E-state index in [1.807, 2.05) is 0 Å². The first-order valence-electron chi connectivity index (χ1n) is 8.63. The molecule has 0 unspecified atom stereocenters. The van der Waals surface area contributed by atoms with Crippen LogP contribution < -0.4 is 0 Å². The number of piperidine rings is 4. The van der Waals surface area contributed by atoms with Gasteiger partial charge in [-0.25, -0.2) is 0 Å². The molecule has 0 aliphatic carbocycles. The van der Waals surface area contributed by atoms with Gasteiger partial charge in [-0.1, -0.05) is 12.8 Å². The van der Waals surface area contributed by atoms with Gasteiger partial charge in [0.15, 0.2) is 0 Å². The Morgan fingerprint density at radius 3 is 1.68 bits per heavy atom. The molecule has 19 heavy (non-hydrogen) atoms. The largest absolute Gasteiger partial charge is 0.297 e. The van der Waals surface area contributed by atoms with Crippen LogP contribution >= 0.6 is 0 Å². The standard InChI is InChI=1S/C17H30N2/c1-16-7-3-5-9-18(16)13-15-11-14(16)12-19-10-6-4-8-17(15,19)2/h14-15H,3-13H2,1-2H3/t14-,15-,16+,17+/m0/s1. The van der Waals surface area contributed by atoms with Crippen LogP contribution in [-0.2, 0) is 0 Å². The first-order chi connectivity index (χ1) is 9.13. The molecule has 2 bridgehead atoms. The third-order valence-corrected chi connectivity index (χ3v) is 7.38. The van der Waals surface area contributed by atoms with Crippen molar-refractivity contribution in [2.45, 2.75) is 69.9 Å². The Morgan fingerprint density at radius 1 is 0.737 bits per heavy atom. The molecule has 4 heterocycles. The van der Waals surface area contributed by atoms with Crippen molar-refractivity contribution in [3.8, 4) is 0 Å². The molecule has 0 radical (unpaired) electrons. The van der Waals surface area contributed by atoms with Gasteiger partial charge in [0.1, 0.15) is 0 Å². The van der Waals surface area contributed by atoms with Crippen LogP contribution in [0.5, 0.6) is 0 Å². The molecule has 4 atom stereocenters. The third-order valence-electron chi connectivity index (χ3n) is 7.38. The van der Waals surface area contributed by atoms with E-state index in [-0.39, 0.29) is 0 Å². The van der Waals surface area contributed by atoms with Crippen molar-refractivity contribution in [3.63, 3.8) is 0 Å². The van der Waals surface area contributed by atoms with Crippen LogP contribution in [-0.4, -0.2) is 47.1 Å². The van der Waals surface area contributed by atoms with E-state index in [9.17, 15) is 0 Å². The van der Waals surface area contributed by atoms with Gasteiger partial charge in [0.05, 0.1) is 0 Å². The van der Waals surface area contributed by atoms with Gasteiger partial charge in [0.25, 0.3) is 0 Å². The minimum atomic E-state index is 0.535. The molecule has 0 aromatic carbocycles. The van der Waals surface area contributed by atoms with Gasteiger partial charge >= 0.3 is 0 Å². The highest BCUT2D eigenvalue weighted by molar-refractivity contribution is 5.11. The first-order valence-corrected chi connectivity index (χ1v) is 8.63. The highest BCUT2D eigenvalue weighted by atomic mass is 15.3. The Hall–Kier alpha value is -0.0800. The second-order valence-corrected chi connectivity index (χ2v) is 8.15. The molecule has 0 spiro atoms. The molecule has 0 N–H and O–H groups in total. The SMILES string of the molecule is C[C@]12CCCCN1C[C@@H]1C[C@H]2CN2CCCC[C@]12C. The van der Waals surface area contributed by atoms with Gasteiger partial charge in [0, 0.05) is 24.2 Å². The summed E-state index contributed by atoms with van der Waals surface area (Å²) in [4.78, 5) is 5.79. The summed E-state index contributed by atoms with van der Waals surface area (Å²) in [6.45, 7) is 10.7. The molecule has 0 saturated carbocycles. The molecular formula is C17H30N2. The molecular weight excluding hydrogens is 232 g/mol. The lowest BCUT2D eigenvalue weighted by Gasteiger charge is -2.65. The van der Waals surface area contributed by atoms with E-state index in [2.05, 4.69) is 23.6 Å². The predicted octanol–water partition coefficient (Wildman–Crippen LogP) is 3.13. The molecule has 4 aliphatic heterocycles. The van der Waals surface area contributed by atoms with E-state index in [0.717, 1.165) is 11.8 Å².